The highest BCUT2D eigenvalue weighted by molar-refractivity contribution is 6.12. The van der Waals surface area contributed by atoms with Crippen LogP contribution in [0.3, 0.4) is 0 Å². The third kappa shape index (κ3) is 1.27. The van der Waals surface area contributed by atoms with E-state index in [4.69, 9.17) is 10.7 Å². The first-order valence-electron chi connectivity index (χ1n) is 3.13. The normalized spacial score (nSPS) is 17.8. The number of hydrogen-bond acceptors (Lipinski definition) is 3. The molecule has 0 unspecified atom stereocenters. The van der Waals surface area contributed by atoms with Gasteiger partial charge in [-0.3, -0.25) is 10.2 Å². The molecule has 4 nitrogen and oxygen atoms in total. The van der Waals surface area contributed by atoms with E-state index in [0.717, 1.165) is 0 Å². The van der Waals surface area contributed by atoms with E-state index in [-0.39, 0.29) is 23.7 Å². The minimum absolute atomic E-state index is 0.0822. The number of amides is 1. The lowest BCUT2D eigenvalue weighted by Crippen LogP contribution is -2.35. The predicted octanol–water partition coefficient (Wildman–Crippen LogP) is 0.324. The Morgan fingerprint density at radius 2 is 2.36 bits per heavy atom. The van der Waals surface area contributed by atoms with Gasteiger partial charge in [-0.1, -0.05) is 0 Å². The van der Waals surface area contributed by atoms with Crippen molar-refractivity contribution in [3.8, 4) is 6.07 Å². The van der Waals surface area contributed by atoms with E-state index in [1.54, 1.807) is 6.92 Å². The molecule has 0 saturated heterocycles. The molecule has 0 bridgehead atoms. The summed E-state index contributed by atoms with van der Waals surface area (Å²) in [5.74, 6) is -0.298. The van der Waals surface area contributed by atoms with E-state index in [9.17, 15) is 4.79 Å². The number of amidine groups is 1. The van der Waals surface area contributed by atoms with Crippen molar-refractivity contribution in [3.63, 3.8) is 0 Å². The summed E-state index contributed by atoms with van der Waals surface area (Å²) in [4.78, 5) is 10.7. The van der Waals surface area contributed by atoms with Gasteiger partial charge in [-0.25, -0.2) is 0 Å². The van der Waals surface area contributed by atoms with Crippen LogP contribution in [0.5, 0.6) is 0 Å². The van der Waals surface area contributed by atoms with Gasteiger partial charge in [0, 0.05) is 6.42 Å². The van der Waals surface area contributed by atoms with Gasteiger partial charge < -0.3 is 5.32 Å². The van der Waals surface area contributed by atoms with Crippen LogP contribution in [0.1, 0.15) is 13.3 Å². The molecular formula is C7H7N3O. The van der Waals surface area contributed by atoms with E-state index in [2.05, 4.69) is 5.32 Å². The van der Waals surface area contributed by atoms with Gasteiger partial charge in [0.2, 0.25) is 5.91 Å². The quantitative estimate of drug-likeness (QED) is 0.520. The first-order valence-corrected chi connectivity index (χ1v) is 3.13. The number of nitrogens with zero attached hydrogens (tertiary/aromatic N) is 1. The Hall–Kier alpha value is -1.63. The number of hydrogen-bond donors (Lipinski definition) is 2. The van der Waals surface area contributed by atoms with Crippen molar-refractivity contribution in [2.75, 3.05) is 0 Å². The number of carbonyl (C=O) groups is 1. The molecule has 1 aliphatic heterocycles. The number of nitrogens with one attached hydrogen (secondary N) is 2. The Balaban J connectivity index is 3.07. The van der Waals surface area contributed by atoms with Gasteiger partial charge in [0.25, 0.3) is 0 Å². The van der Waals surface area contributed by atoms with Crippen LogP contribution in [0, 0.1) is 16.7 Å². The molecule has 0 spiro atoms. The Morgan fingerprint density at radius 1 is 1.73 bits per heavy atom. The molecule has 2 N–H and O–H groups in total. The second-order valence-corrected chi connectivity index (χ2v) is 2.37. The molecule has 1 aliphatic rings. The Kier molecular flexibility index (Phi) is 1.73. The van der Waals surface area contributed by atoms with Crippen molar-refractivity contribution in [3.05, 3.63) is 11.1 Å². The fourth-order valence-electron chi connectivity index (χ4n) is 0.940. The third-order valence-electron chi connectivity index (χ3n) is 1.48. The van der Waals surface area contributed by atoms with Crippen molar-refractivity contribution in [1.82, 2.24) is 5.32 Å². The van der Waals surface area contributed by atoms with Gasteiger partial charge in [0.05, 0.1) is 5.57 Å². The van der Waals surface area contributed by atoms with E-state index in [1.807, 2.05) is 6.07 Å². The van der Waals surface area contributed by atoms with Crippen LogP contribution in [0.2, 0.25) is 0 Å². The minimum atomic E-state index is -0.216. The van der Waals surface area contributed by atoms with Gasteiger partial charge in [0.1, 0.15) is 11.9 Å². The summed E-state index contributed by atoms with van der Waals surface area (Å²) in [6, 6.07) is 1.86. The fraction of sp³-hybridized carbons (Fsp3) is 0.286. The van der Waals surface area contributed by atoms with Crippen LogP contribution in [-0.2, 0) is 4.79 Å². The summed E-state index contributed by atoms with van der Waals surface area (Å²) in [5.41, 5.74) is 0.950. The highest BCUT2D eigenvalue weighted by atomic mass is 16.1. The van der Waals surface area contributed by atoms with Crippen LogP contribution in [0.25, 0.3) is 0 Å². The fourth-order valence-corrected chi connectivity index (χ4v) is 0.940. The first kappa shape index (κ1) is 7.48. The van der Waals surface area contributed by atoms with E-state index in [0.29, 0.717) is 5.57 Å². The van der Waals surface area contributed by atoms with Crippen molar-refractivity contribution in [2.24, 2.45) is 0 Å². The van der Waals surface area contributed by atoms with Gasteiger partial charge in [-0.2, -0.15) is 5.26 Å². The van der Waals surface area contributed by atoms with E-state index < -0.39 is 0 Å². The predicted molar refractivity (Wildman–Crippen MR) is 38.8 cm³/mol. The molecule has 0 atom stereocenters. The summed E-state index contributed by atoms with van der Waals surface area (Å²) < 4.78 is 0. The maximum atomic E-state index is 10.7. The van der Waals surface area contributed by atoms with Gasteiger partial charge >= 0.3 is 0 Å². The molecule has 0 saturated carbocycles. The highest BCUT2D eigenvalue weighted by Gasteiger charge is 2.18. The number of carbonyl (C=O) groups excluding carboxylic acids is 1. The molecule has 0 radical (unpaired) electrons. The van der Waals surface area contributed by atoms with Crippen molar-refractivity contribution in [2.45, 2.75) is 13.3 Å². The molecular weight excluding hydrogens is 142 g/mol. The number of nitriles is 1. The van der Waals surface area contributed by atoms with Crippen molar-refractivity contribution < 1.29 is 4.79 Å². The zero-order valence-electron chi connectivity index (χ0n) is 6.06. The molecule has 0 aromatic heterocycles. The average Bonchev–Trinajstić information content (AvgIpc) is 1.85. The topological polar surface area (TPSA) is 76.7 Å². The molecule has 0 aromatic carbocycles. The van der Waals surface area contributed by atoms with Crippen LogP contribution in [-0.4, -0.2) is 11.7 Å². The third-order valence-corrected chi connectivity index (χ3v) is 1.48. The molecule has 0 aromatic rings. The van der Waals surface area contributed by atoms with E-state index >= 15 is 0 Å². The lowest BCUT2D eigenvalue weighted by Gasteiger charge is -2.13. The first-order chi connectivity index (χ1) is 5.15. The second-order valence-electron chi connectivity index (χ2n) is 2.37. The molecule has 1 amide bonds. The standard InChI is InChI=1S/C7H7N3O/c1-4-2-6(11)10-7(9)5(4)3-8/h2H2,1H3,(H2,9,10,11). The second kappa shape index (κ2) is 2.54. The van der Waals surface area contributed by atoms with Crippen molar-refractivity contribution >= 4 is 11.7 Å². The Bertz CT molecular complexity index is 295. The van der Waals surface area contributed by atoms with Gasteiger partial charge in [-0.05, 0) is 12.5 Å². The lowest BCUT2D eigenvalue weighted by atomic mass is 10.0. The molecule has 4 heteroatoms. The minimum Gasteiger partial charge on any atom is -0.310 e. The summed E-state index contributed by atoms with van der Waals surface area (Å²) in [6.45, 7) is 1.69. The Labute approximate surface area is 64.0 Å². The van der Waals surface area contributed by atoms with Crippen LogP contribution >= 0.6 is 0 Å². The molecule has 1 rings (SSSR count). The van der Waals surface area contributed by atoms with Gasteiger partial charge in [-0.15, -0.1) is 0 Å². The smallest absolute Gasteiger partial charge is 0.229 e. The maximum Gasteiger partial charge on any atom is 0.229 e. The van der Waals surface area contributed by atoms with Crippen molar-refractivity contribution in [1.29, 1.82) is 10.7 Å². The zero-order valence-corrected chi connectivity index (χ0v) is 6.06. The van der Waals surface area contributed by atoms with Crippen LogP contribution < -0.4 is 5.32 Å². The monoisotopic (exact) mass is 149 g/mol. The summed E-state index contributed by atoms with van der Waals surface area (Å²) >= 11 is 0. The maximum absolute atomic E-state index is 10.7. The highest BCUT2D eigenvalue weighted by Crippen LogP contribution is 2.12. The van der Waals surface area contributed by atoms with Crippen LogP contribution in [0.15, 0.2) is 11.1 Å². The SMILES string of the molecule is CC1=C(C#N)C(=N)NC(=O)C1. The molecule has 0 aliphatic carbocycles. The molecule has 1 heterocycles. The zero-order chi connectivity index (χ0) is 8.43. The molecule has 56 valence electrons. The largest absolute Gasteiger partial charge is 0.310 e. The Morgan fingerprint density at radius 3 is 2.82 bits per heavy atom. The van der Waals surface area contributed by atoms with Gasteiger partial charge in [0.15, 0.2) is 0 Å². The summed E-state index contributed by atoms with van der Waals surface area (Å²) in [5, 5.41) is 18.0. The number of rotatable bonds is 0. The average molecular weight is 149 g/mol. The summed E-state index contributed by atoms with van der Waals surface area (Å²) in [6.07, 6.45) is 0.227. The van der Waals surface area contributed by atoms with Crippen LogP contribution in [0.4, 0.5) is 0 Å². The molecule has 0 fully saturated rings. The summed E-state index contributed by atoms with van der Waals surface area (Å²) in [7, 11) is 0. The lowest BCUT2D eigenvalue weighted by molar-refractivity contribution is -0.119. The van der Waals surface area contributed by atoms with E-state index in [1.165, 1.54) is 0 Å². The molecule has 11 heavy (non-hydrogen) atoms.